The van der Waals surface area contributed by atoms with Gasteiger partial charge in [0, 0.05) is 14.1 Å². The molecule has 1 aromatic rings. The van der Waals surface area contributed by atoms with E-state index < -0.39 is 16.6 Å². The number of hydrogen-bond acceptors (Lipinski definition) is 4. The van der Waals surface area contributed by atoms with Crippen molar-refractivity contribution in [3.63, 3.8) is 0 Å². The van der Waals surface area contributed by atoms with Crippen LogP contribution in [-0.2, 0) is 7.05 Å². The van der Waals surface area contributed by atoms with Gasteiger partial charge in [0.15, 0.2) is 0 Å². The van der Waals surface area contributed by atoms with Crippen LogP contribution in [-0.4, -0.2) is 27.4 Å². The average molecular weight is 184 g/mol. The molecule has 7 heteroatoms. The van der Waals surface area contributed by atoms with Gasteiger partial charge in [-0.3, -0.25) is 4.79 Å². The zero-order valence-corrected chi connectivity index (χ0v) is 7.14. The molecule has 7 nitrogen and oxygen atoms in total. The third kappa shape index (κ3) is 1.48. The second kappa shape index (κ2) is 3.21. The molecule has 0 bridgehead atoms. The summed E-state index contributed by atoms with van der Waals surface area (Å²) in [5, 5.41) is 12.7. The molecule has 1 rings (SSSR count). The minimum absolute atomic E-state index is 0.0486. The van der Waals surface area contributed by atoms with Crippen molar-refractivity contribution < 1.29 is 9.72 Å². The van der Waals surface area contributed by atoms with Gasteiger partial charge < -0.3 is 20.0 Å². The molecule has 1 aromatic heterocycles. The van der Waals surface area contributed by atoms with Crippen LogP contribution in [0.25, 0.3) is 0 Å². The molecule has 1 N–H and O–H groups in total. The Kier molecular flexibility index (Phi) is 2.27. The van der Waals surface area contributed by atoms with Crippen LogP contribution >= 0.6 is 0 Å². The number of aromatic nitrogens is 2. The predicted molar refractivity (Wildman–Crippen MR) is 43.3 cm³/mol. The Bertz CT molecular complexity index is 357. The van der Waals surface area contributed by atoms with Gasteiger partial charge in [-0.25, -0.2) is 0 Å². The van der Waals surface area contributed by atoms with Gasteiger partial charge in [0.05, 0.1) is 0 Å². The van der Waals surface area contributed by atoms with Crippen LogP contribution in [0.1, 0.15) is 10.5 Å². The highest BCUT2D eigenvalue weighted by molar-refractivity contribution is 5.95. The third-order valence-corrected chi connectivity index (χ3v) is 1.53. The molecule has 70 valence electrons. The Balaban J connectivity index is 3.24. The van der Waals surface area contributed by atoms with Crippen molar-refractivity contribution in [1.29, 1.82) is 0 Å². The van der Waals surface area contributed by atoms with E-state index in [9.17, 15) is 14.9 Å². The zero-order valence-electron chi connectivity index (χ0n) is 7.14. The van der Waals surface area contributed by atoms with Crippen LogP contribution < -0.4 is 5.32 Å². The van der Waals surface area contributed by atoms with Crippen LogP contribution in [0, 0.1) is 10.1 Å². The molecule has 1 amide bonds. The second-order valence-electron chi connectivity index (χ2n) is 2.36. The maximum absolute atomic E-state index is 11.1. The van der Waals surface area contributed by atoms with Gasteiger partial charge >= 0.3 is 5.82 Å². The van der Waals surface area contributed by atoms with E-state index in [0.717, 1.165) is 0 Å². The highest BCUT2D eigenvalue weighted by atomic mass is 16.6. The van der Waals surface area contributed by atoms with Crippen LogP contribution in [0.5, 0.6) is 0 Å². The first-order valence-electron chi connectivity index (χ1n) is 3.45. The van der Waals surface area contributed by atoms with Gasteiger partial charge in [-0.1, -0.05) is 0 Å². The van der Waals surface area contributed by atoms with Crippen molar-refractivity contribution in [2.24, 2.45) is 7.05 Å². The van der Waals surface area contributed by atoms with Crippen LogP contribution in [0.2, 0.25) is 0 Å². The molecule has 0 spiro atoms. The minimum atomic E-state index is -0.690. The summed E-state index contributed by atoms with van der Waals surface area (Å²) in [5.74, 6) is -0.950. The smallest absolute Gasteiger partial charge is 0.358 e. The summed E-state index contributed by atoms with van der Waals surface area (Å²) < 4.78 is 1.30. The number of hydrogen-bond donors (Lipinski definition) is 1. The summed E-state index contributed by atoms with van der Waals surface area (Å²) in [5.41, 5.74) is -0.0486. The summed E-state index contributed by atoms with van der Waals surface area (Å²) in [7, 11) is 2.92. The normalized spacial score (nSPS) is 9.69. The van der Waals surface area contributed by atoms with E-state index in [2.05, 4.69) is 10.3 Å². The van der Waals surface area contributed by atoms with E-state index in [0.29, 0.717) is 0 Å². The van der Waals surface area contributed by atoms with Crippen molar-refractivity contribution in [3.05, 3.63) is 22.1 Å². The first-order chi connectivity index (χ1) is 6.07. The monoisotopic (exact) mass is 184 g/mol. The number of nitrogens with zero attached hydrogens (tertiary/aromatic N) is 3. The molecular formula is C6H8N4O3. The first-order valence-corrected chi connectivity index (χ1v) is 3.45. The molecule has 0 atom stereocenters. The summed E-state index contributed by atoms with van der Waals surface area (Å²) in [6.07, 6.45) is 1.22. The summed E-state index contributed by atoms with van der Waals surface area (Å²) in [6.45, 7) is 0. The van der Waals surface area contributed by atoms with Gasteiger partial charge in [0.2, 0.25) is 12.0 Å². The van der Waals surface area contributed by atoms with Crippen molar-refractivity contribution >= 4 is 11.7 Å². The number of carbonyl (C=O) groups excluding carboxylic acids is 1. The molecule has 0 aliphatic heterocycles. The van der Waals surface area contributed by atoms with E-state index in [1.807, 2.05) is 0 Å². The molecule has 0 fully saturated rings. The Labute approximate surface area is 73.5 Å². The number of amides is 1. The minimum Gasteiger partial charge on any atom is -0.358 e. The number of rotatable bonds is 2. The fourth-order valence-corrected chi connectivity index (χ4v) is 0.932. The Hall–Kier alpha value is -1.92. The number of imidazole rings is 1. The SMILES string of the molecule is CNC(=O)c1c([N+](=O)[O-])ncn1C. The Morgan fingerprint density at radius 2 is 2.38 bits per heavy atom. The van der Waals surface area contributed by atoms with E-state index in [1.165, 1.54) is 25.0 Å². The fraction of sp³-hybridized carbons (Fsp3) is 0.333. The second-order valence-corrected chi connectivity index (χ2v) is 2.36. The molecule has 0 unspecified atom stereocenters. The van der Waals surface area contributed by atoms with Crippen LogP contribution in [0.4, 0.5) is 5.82 Å². The number of aryl methyl sites for hydroxylation is 1. The summed E-state index contributed by atoms with van der Waals surface area (Å²) in [4.78, 5) is 24.3. The van der Waals surface area contributed by atoms with Gasteiger partial charge in [0.1, 0.15) is 0 Å². The van der Waals surface area contributed by atoms with Crippen molar-refractivity contribution in [3.8, 4) is 0 Å². The molecule has 0 aliphatic rings. The highest BCUT2D eigenvalue weighted by Gasteiger charge is 2.25. The first kappa shape index (κ1) is 9.17. The molecule has 0 aliphatic carbocycles. The molecule has 0 aromatic carbocycles. The zero-order chi connectivity index (χ0) is 10.0. The largest absolute Gasteiger partial charge is 0.394 e. The van der Waals surface area contributed by atoms with Crippen molar-refractivity contribution in [2.75, 3.05) is 7.05 Å². The van der Waals surface area contributed by atoms with Crippen LogP contribution in [0.3, 0.4) is 0 Å². The van der Waals surface area contributed by atoms with Gasteiger partial charge in [-0.15, -0.1) is 0 Å². The van der Waals surface area contributed by atoms with E-state index in [4.69, 9.17) is 0 Å². The topological polar surface area (TPSA) is 90.1 Å². The lowest BCUT2D eigenvalue weighted by molar-refractivity contribution is -0.389. The molecule has 0 radical (unpaired) electrons. The third-order valence-electron chi connectivity index (χ3n) is 1.53. The molecule has 0 saturated heterocycles. The molecular weight excluding hydrogens is 176 g/mol. The average Bonchev–Trinajstić information content (AvgIpc) is 2.46. The van der Waals surface area contributed by atoms with Crippen molar-refractivity contribution in [1.82, 2.24) is 14.9 Å². The standard InChI is InChI=1S/C6H8N4O3/c1-7-6(11)4-5(10(12)13)8-3-9(4)2/h3H,1-2H3,(H,7,11). The quantitative estimate of drug-likeness (QED) is 0.504. The maximum Gasteiger partial charge on any atom is 0.394 e. The Morgan fingerprint density at radius 1 is 1.77 bits per heavy atom. The van der Waals surface area contributed by atoms with E-state index in [-0.39, 0.29) is 5.69 Å². The molecule has 13 heavy (non-hydrogen) atoms. The predicted octanol–water partition coefficient (Wildman–Crippen LogP) is -0.312. The number of carbonyl (C=O) groups is 1. The van der Waals surface area contributed by atoms with Crippen molar-refractivity contribution in [2.45, 2.75) is 0 Å². The lowest BCUT2D eigenvalue weighted by Crippen LogP contribution is -2.21. The van der Waals surface area contributed by atoms with Gasteiger partial charge in [-0.2, -0.15) is 0 Å². The number of nitro groups is 1. The lowest BCUT2D eigenvalue weighted by atomic mass is 10.4. The van der Waals surface area contributed by atoms with Gasteiger partial charge in [-0.05, 0) is 9.91 Å². The van der Waals surface area contributed by atoms with E-state index >= 15 is 0 Å². The van der Waals surface area contributed by atoms with Crippen LogP contribution in [0.15, 0.2) is 6.33 Å². The fourth-order valence-electron chi connectivity index (χ4n) is 0.932. The summed E-state index contributed by atoms with van der Waals surface area (Å²) in [6, 6.07) is 0. The lowest BCUT2D eigenvalue weighted by Gasteiger charge is -1.98. The number of nitrogens with one attached hydrogen (secondary N) is 1. The summed E-state index contributed by atoms with van der Waals surface area (Å²) >= 11 is 0. The van der Waals surface area contributed by atoms with E-state index in [1.54, 1.807) is 0 Å². The highest BCUT2D eigenvalue weighted by Crippen LogP contribution is 2.14. The van der Waals surface area contributed by atoms with Gasteiger partial charge in [0.25, 0.3) is 5.91 Å². The Morgan fingerprint density at radius 3 is 2.85 bits per heavy atom. The molecule has 0 saturated carbocycles. The molecule has 1 heterocycles. The maximum atomic E-state index is 11.1.